The molecule has 0 aliphatic carbocycles. The van der Waals surface area contributed by atoms with Gasteiger partial charge in [-0.05, 0) is 25.1 Å². The van der Waals surface area contributed by atoms with Crippen molar-refractivity contribution in [1.29, 1.82) is 0 Å². The number of aromatic nitrogens is 2. The zero-order chi connectivity index (χ0) is 10.4. The average Bonchev–Trinajstić information content (AvgIpc) is 2.15. The van der Waals surface area contributed by atoms with E-state index in [0.29, 0.717) is 4.77 Å². The van der Waals surface area contributed by atoms with E-state index >= 15 is 0 Å². The van der Waals surface area contributed by atoms with Crippen molar-refractivity contribution in [3.63, 3.8) is 0 Å². The second kappa shape index (κ2) is 5.72. The predicted molar refractivity (Wildman–Crippen MR) is 57.0 cm³/mol. The van der Waals surface area contributed by atoms with Crippen LogP contribution >= 0.6 is 12.2 Å². The monoisotopic (exact) mass is 214 g/mol. The normalized spacial score (nSPS) is 10.4. The summed E-state index contributed by atoms with van der Waals surface area (Å²) < 4.78 is 7.27. The Hall–Kier alpha value is -0.940. The molecule has 0 amide bonds. The maximum atomic E-state index is 10.9. The molecule has 14 heavy (non-hydrogen) atoms. The van der Waals surface area contributed by atoms with Crippen LogP contribution in [-0.4, -0.2) is 23.3 Å². The second-order valence-corrected chi connectivity index (χ2v) is 3.39. The fourth-order valence-electron chi connectivity index (χ4n) is 1.15. The number of aromatic amines is 1. The molecule has 0 radical (unpaired) electrons. The first-order valence-electron chi connectivity index (χ1n) is 4.53. The molecule has 0 bridgehead atoms. The summed E-state index contributed by atoms with van der Waals surface area (Å²) in [7, 11) is 1.69. The van der Waals surface area contributed by atoms with Crippen molar-refractivity contribution in [1.82, 2.24) is 9.55 Å². The highest BCUT2D eigenvalue weighted by molar-refractivity contribution is 7.71. The van der Waals surface area contributed by atoms with Gasteiger partial charge in [-0.1, -0.05) is 0 Å². The van der Waals surface area contributed by atoms with Crippen LogP contribution in [0.3, 0.4) is 0 Å². The molecule has 0 spiro atoms. The van der Waals surface area contributed by atoms with E-state index in [1.165, 1.54) is 6.07 Å². The van der Waals surface area contributed by atoms with Crippen LogP contribution < -0.4 is 5.56 Å². The minimum atomic E-state index is -0.150. The van der Waals surface area contributed by atoms with E-state index in [4.69, 9.17) is 17.0 Å². The Morgan fingerprint density at radius 3 is 3.00 bits per heavy atom. The van der Waals surface area contributed by atoms with Crippen molar-refractivity contribution >= 4 is 12.2 Å². The number of nitrogens with zero attached hydrogens (tertiary/aromatic N) is 1. The molecule has 0 aliphatic heterocycles. The molecule has 78 valence electrons. The van der Waals surface area contributed by atoms with E-state index in [9.17, 15) is 4.79 Å². The van der Waals surface area contributed by atoms with Crippen molar-refractivity contribution in [2.24, 2.45) is 0 Å². The lowest BCUT2D eigenvalue weighted by molar-refractivity contribution is 0.191. The van der Waals surface area contributed by atoms with Crippen LogP contribution in [0.15, 0.2) is 17.1 Å². The lowest BCUT2D eigenvalue weighted by Crippen LogP contribution is -2.11. The summed E-state index contributed by atoms with van der Waals surface area (Å²) in [5, 5.41) is 0. The molecule has 0 aliphatic rings. The summed E-state index contributed by atoms with van der Waals surface area (Å²) >= 11 is 4.99. The number of hydrogen-bond donors (Lipinski definition) is 1. The summed E-state index contributed by atoms with van der Waals surface area (Å²) in [6.45, 7) is 1.58. The molecule has 1 aromatic rings. The Balaban J connectivity index is 2.51. The molecular weight excluding hydrogens is 200 g/mol. The van der Waals surface area contributed by atoms with Gasteiger partial charge in [0.05, 0.1) is 0 Å². The number of H-pyrrole nitrogens is 1. The van der Waals surface area contributed by atoms with E-state index < -0.39 is 0 Å². The minimum Gasteiger partial charge on any atom is -0.385 e. The van der Waals surface area contributed by atoms with Gasteiger partial charge < -0.3 is 9.30 Å². The average molecular weight is 214 g/mol. The van der Waals surface area contributed by atoms with Crippen LogP contribution in [0.2, 0.25) is 0 Å². The highest BCUT2D eigenvalue weighted by atomic mass is 32.1. The summed E-state index contributed by atoms with van der Waals surface area (Å²) in [6.07, 6.45) is 3.71. The second-order valence-electron chi connectivity index (χ2n) is 3.00. The molecule has 1 rings (SSSR count). The molecule has 4 nitrogen and oxygen atoms in total. The Bertz CT molecular complexity index is 383. The van der Waals surface area contributed by atoms with Crippen molar-refractivity contribution in [3.8, 4) is 0 Å². The lowest BCUT2D eigenvalue weighted by Gasteiger charge is -2.04. The Morgan fingerprint density at radius 1 is 1.57 bits per heavy atom. The molecule has 0 unspecified atom stereocenters. The Morgan fingerprint density at radius 2 is 2.36 bits per heavy atom. The maximum Gasteiger partial charge on any atom is 0.251 e. The Kier molecular flexibility index (Phi) is 4.55. The SMILES string of the molecule is COCCCCn1ccc(=O)[nH]c1=S. The summed E-state index contributed by atoms with van der Waals surface area (Å²) in [5.74, 6) is 0. The third-order valence-electron chi connectivity index (χ3n) is 1.89. The van der Waals surface area contributed by atoms with Gasteiger partial charge in [0.15, 0.2) is 4.77 Å². The van der Waals surface area contributed by atoms with E-state index in [2.05, 4.69) is 4.98 Å². The quantitative estimate of drug-likeness (QED) is 0.594. The van der Waals surface area contributed by atoms with E-state index in [-0.39, 0.29) is 5.56 Å². The predicted octanol–water partition coefficient (Wildman–Crippen LogP) is 1.33. The van der Waals surface area contributed by atoms with Gasteiger partial charge >= 0.3 is 0 Å². The van der Waals surface area contributed by atoms with Crippen LogP contribution in [0.1, 0.15) is 12.8 Å². The minimum absolute atomic E-state index is 0.150. The highest BCUT2D eigenvalue weighted by Crippen LogP contribution is 1.95. The third-order valence-corrected chi connectivity index (χ3v) is 2.23. The molecule has 1 aromatic heterocycles. The molecule has 0 saturated carbocycles. The van der Waals surface area contributed by atoms with E-state index in [0.717, 1.165) is 26.0 Å². The fourth-order valence-corrected chi connectivity index (χ4v) is 1.40. The van der Waals surface area contributed by atoms with Gasteiger partial charge in [0.1, 0.15) is 0 Å². The standard InChI is InChI=1S/C9H14N2O2S/c1-13-7-3-2-5-11-6-4-8(12)10-9(11)14/h4,6H,2-3,5,7H2,1H3,(H,10,12,14). The largest absolute Gasteiger partial charge is 0.385 e. The first-order valence-corrected chi connectivity index (χ1v) is 4.93. The number of ether oxygens (including phenoxy) is 1. The van der Waals surface area contributed by atoms with Gasteiger partial charge in [0.2, 0.25) is 0 Å². The molecule has 1 N–H and O–H groups in total. The molecule has 1 heterocycles. The molecule has 0 atom stereocenters. The van der Waals surface area contributed by atoms with Crippen molar-refractivity contribution in [2.45, 2.75) is 19.4 Å². The smallest absolute Gasteiger partial charge is 0.251 e. The van der Waals surface area contributed by atoms with Crippen LogP contribution in [0.25, 0.3) is 0 Å². The number of rotatable bonds is 5. The molecule has 0 fully saturated rings. The van der Waals surface area contributed by atoms with Crippen LogP contribution in [0, 0.1) is 4.77 Å². The number of unbranched alkanes of at least 4 members (excludes halogenated alkanes) is 1. The highest BCUT2D eigenvalue weighted by Gasteiger charge is 1.93. The van der Waals surface area contributed by atoms with Crippen molar-refractivity contribution in [3.05, 3.63) is 27.4 Å². The number of aryl methyl sites for hydroxylation is 1. The van der Waals surface area contributed by atoms with Gasteiger partial charge in [0.25, 0.3) is 5.56 Å². The van der Waals surface area contributed by atoms with Gasteiger partial charge in [-0.3, -0.25) is 9.78 Å². The van der Waals surface area contributed by atoms with Gasteiger partial charge in [-0.2, -0.15) is 0 Å². The van der Waals surface area contributed by atoms with Crippen molar-refractivity contribution in [2.75, 3.05) is 13.7 Å². The molecular formula is C9H14N2O2S. The fraction of sp³-hybridized carbons (Fsp3) is 0.556. The summed E-state index contributed by atoms with van der Waals surface area (Å²) in [4.78, 5) is 13.4. The van der Waals surface area contributed by atoms with Crippen molar-refractivity contribution < 1.29 is 4.74 Å². The first-order chi connectivity index (χ1) is 6.74. The van der Waals surface area contributed by atoms with Crippen LogP contribution in [0.4, 0.5) is 0 Å². The number of nitrogens with one attached hydrogen (secondary N) is 1. The topological polar surface area (TPSA) is 47.0 Å². The van der Waals surface area contributed by atoms with Gasteiger partial charge in [-0.15, -0.1) is 0 Å². The van der Waals surface area contributed by atoms with Crippen LogP contribution in [0.5, 0.6) is 0 Å². The summed E-state index contributed by atoms with van der Waals surface area (Å²) in [5.41, 5.74) is -0.150. The van der Waals surface area contributed by atoms with Gasteiger partial charge in [0, 0.05) is 32.5 Å². The first kappa shape index (κ1) is 11.1. The molecule has 0 aromatic carbocycles. The summed E-state index contributed by atoms with van der Waals surface area (Å²) in [6, 6.07) is 1.48. The lowest BCUT2D eigenvalue weighted by atomic mass is 10.3. The Labute approximate surface area is 87.5 Å². The van der Waals surface area contributed by atoms with Crippen LogP contribution in [-0.2, 0) is 11.3 Å². The zero-order valence-corrected chi connectivity index (χ0v) is 8.97. The molecule has 0 saturated heterocycles. The van der Waals surface area contributed by atoms with Gasteiger partial charge in [-0.25, -0.2) is 0 Å². The number of hydrogen-bond acceptors (Lipinski definition) is 3. The maximum absolute atomic E-state index is 10.9. The van der Waals surface area contributed by atoms with E-state index in [1.807, 2.05) is 4.57 Å². The third kappa shape index (κ3) is 3.43. The molecule has 5 heteroatoms. The number of methoxy groups -OCH3 is 1. The van der Waals surface area contributed by atoms with E-state index in [1.54, 1.807) is 13.3 Å². The zero-order valence-electron chi connectivity index (χ0n) is 8.16.